The Morgan fingerprint density at radius 1 is 1.07 bits per heavy atom. The van der Waals surface area contributed by atoms with Crippen molar-refractivity contribution >= 4 is 17.5 Å². The molecule has 0 saturated heterocycles. The molecule has 142 valence electrons. The number of primary amides is 1. The van der Waals surface area contributed by atoms with Crippen molar-refractivity contribution in [3.8, 4) is 0 Å². The SMILES string of the molecule is Cc1c(NC(=O)C2(c3ccc(C(F)(F)F)cc3)CCC2)cccc1C(N)=O. The van der Waals surface area contributed by atoms with E-state index < -0.39 is 23.1 Å². The maximum absolute atomic E-state index is 13.0. The molecule has 3 rings (SSSR count). The summed E-state index contributed by atoms with van der Waals surface area (Å²) in [4.78, 5) is 24.5. The minimum absolute atomic E-state index is 0.293. The number of anilines is 1. The van der Waals surface area contributed by atoms with Crippen molar-refractivity contribution < 1.29 is 22.8 Å². The van der Waals surface area contributed by atoms with E-state index in [1.807, 2.05) is 0 Å². The van der Waals surface area contributed by atoms with Crippen LogP contribution in [0.5, 0.6) is 0 Å². The molecule has 2 amide bonds. The second kappa shape index (κ2) is 6.72. The minimum Gasteiger partial charge on any atom is -0.366 e. The first-order valence-corrected chi connectivity index (χ1v) is 8.54. The summed E-state index contributed by atoms with van der Waals surface area (Å²) >= 11 is 0. The number of rotatable bonds is 4. The topological polar surface area (TPSA) is 72.2 Å². The van der Waals surface area contributed by atoms with Crippen LogP contribution in [0, 0.1) is 6.92 Å². The average molecular weight is 376 g/mol. The van der Waals surface area contributed by atoms with Crippen LogP contribution in [-0.2, 0) is 16.4 Å². The van der Waals surface area contributed by atoms with Crippen LogP contribution in [-0.4, -0.2) is 11.8 Å². The van der Waals surface area contributed by atoms with Crippen LogP contribution < -0.4 is 11.1 Å². The zero-order valence-electron chi connectivity index (χ0n) is 14.7. The number of carbonyl (C=O) groups excluding carboxylic acids is 2. The standard InChI is InChI=1S/C20H19F3N2O2/c1-12-15(17(24)26)4-2-5-16(12)25-18(27)19(10-3-11-19)13-6-8-14(9-7-13)20(21,22)23/h2,4-9H,3,10-11H2,1H3,(H2,24,26)(H,25,27). The van der Waals surface area contributed by atoms with E-state index in [-0.39, 0.29) is 5.91 Å². The Hall–Kier alpha value is -2.83. The molecule has 0 bridgehead atoms. The van der Waals surface area contributed by atoms with Gasteiger partial charge in [0.15, 0.2) is 0 Å². The molecular formula is C20H19F3N2O2. The molecule has 0 aliphatic heterocycles. The third kappa shape index (κ3) is 3.41. The largest absolute Gasteiger partial charge is 0.416 e. The van der Waals surface area contributed by atoms with E-state index in [4.69, 9.17) is 5.73 Å². The molecule has 1 aliphatic rings. The molecule has 4 nitrogen and oxygen atoms in total. The fourth-order valence-corrected chi connectivity index (χ4v) is 3.44. The molecule has 1 fully saturated rings. The highest BCUT2D eigenvalue weighted by Crippen LogP contribution is 2.45. The van der Waals surface area contributed by atoms with Gasteiger partial charge in [0, 0.05) is 11.3 Å². The molecule has 0 atom stereocenters. The molecule has 7 heteroatoms. The van der Waals surface area contributed by atoms with Gasteiger partial charge in [-0.1, -0.05) is 24.6 Å². The lowest BCUT2D eigenvalue weighted by molar-refractivity contribution is -0.137. The minimum atomic E-state index is -4.42. The van der Waals surface area contributed by atoms with Crippen molar-refractivity contribution in [1.29, 1.82) is 0 Å². The highest BCUT2D eigenvalue weighted by atomic mass is 19.4. The van der Waals surface area contributed by atoms with Crippen molar-refractivity contribution in [2.75, 3.05) is 5.32 Å². The fraction of sp³-hybridized carbons (Fsp3) is 0.300. The number of hydrogen-bond acceptors (Lipinski definition) is 2. The number of nitrogens with one attached hydrogen (secondary N) is 1. The zero-order chi connectivity index (χ0) is 19.8. The highest BCUT2D eigenvalue weighted by molar-refractivity contribution is 6.02. The first-order valence-electron chi connectivity index (χ1n) is 8.54. The molecule has 2 aromatic rings. The number of carbonyl (C=O) groups is 2. The Balaban J connectivity index is 1.89. The summed E-state index contributed by atoms with van der Waals surface area (Å²) in [6, 6.07) is 9.60. The summed E-state index contributed by atoms with van der Waals surface area (Å²) < 4.78 is 38.4. The van der Waals surface area contributed by atoms with Crippen LogP contribution >= 0.6 is 0 Å². The van der Waals surface area contributed by atoms with Gasteiger partial charge >= 0.3 is 6.18 Å². The first kappa shape index (κ1) is 18.9. The molecule has 1 saturated carbocycles. The normalized spacial score (nSPS) is 15.7. The van der Waals surface area contributed by atoms with Crippen molar-refractivity contribution in [2.24, 2.45) is 5.73 Å². The van der Waals surface area contributed by atoms with E-state index >= 15 is 0 Å². The molecule has 0 spiro atoms. The van der Waals surface area contributed by atoms with Gasteiger partial charge in [0.2, 0.25) is 11.8 Å². The summed E-state index contributed by atoms with van der Waals surface area (Å²) in [7, 11) is 0. The fourth-order valence-electron chi connectivity index (χ4n) is 3.44. The van der Waals surface area contributed by atoms with Gasteiger partial charge in [0.1, 0.15) is 0 Å². The number of alkyl halides is 3. The second-order valence-corrected chi connectivity index (χ2v) is 6.81. The first-order chi connectivity index (χ1) is 12.6. The maximum atomic E-state index is 13.0. The van der Waals surface area contributed by atoms with Crippen LogP contribution in [0.4, 0.5) is 18.9 Å². The van der Waals surface area contributed by atoms with Crippen molar-refractivity contribution in [3.05, 3.63) is 64.7 Å². The number of amides is 2. The van der Waals surface area contributed by atoms with Crippen LogP contribution in [0.3, 0.4) is 0 Å². The van der Waals surface area contributed by atoms with Crippen LogP contribution in [0.25, 0.3) is 0 Å². The monoisotopic (exact) mass is 376 g/mol. The lowest BCUT2D eigenvalue weighted by Crippen LogP contribution is -2.46. The van der Waals surface area contributed by atoms with Crippen LogP contribution in [0.1, 0.15) is 46.3 Å². The van der Waals surface area contributed by atoms with Gasteiger partial charge in [0.05, 0.1) is 11.0 Å². The van der Waals surface area contributed by atoms with Crippen molar-refractivity contribution in [3.63, 3.8) is 0 Å². The molecule has 27 heavy (non-hydrogen) atoms. The maximum Gasteiger partial charge on any atom is 0.416 e. The van der Waals surface area contributed by atoms with Crippen LogP contribution in [0.15, 0.2) is 42.5 Å². The third-order valence-electron chi connectivity index (χ3n) is 5.25. The van der Waals surface area contributed by atoms with Gasteiger partial charge < -0.3 is 11.1 Å². The Bertz CT molecular complexity index is 885. The van der Waals surface area contributed by atoms with Gasteiger partial charge in [-0.3, -0.25) is 9.59 Å². The zero-order valence-corrected chi connectivity index (χ0v) is 14.7. The summed E-state index contributed by atoms with van der Waals surface area (Å²) in [5.41, 5.74) is 5.62. The van der Waals surface area contributed by atoms with Gasteiger partial charge in [-0.15, -0.1) is 0 Å². The van der Waals surface area contributed by atoms with E-state index in [0.29, 0.717) is 35.2 Å². The van der Waals surface area contributed by atoms with E-state index in [9.17, 15) is 22.8 Å². The molecule has 1 aliphatic carbocycles. The molecule has 0 unspecified atom stereocenters. The van der Waals surface area contributed by atoms with Gasteiger partial charge in [-0.2, -0.15) is 13.2 Å². The molecule has 2 aromatic carbocycles. The van der Waals surface area contributed by atoms with Crippen molar-refractivity contribution in [1.82, 2.24) is 0 Å². The molecule has 0 aromatic heterocycles. The Kier molecular flexibility index (Phi) is 4.71. The number of benzene rings is 2. The van der Waals surface area contributed by atoms with Gasteiger partial charge in [0.25, 0.3) is 0 Å². The Labute approximate surface area is 154 Å². The Morgan fingerprint density at radius 2 is 1.70 bits per heavy atom. The van der Waals surface area contributed by atoms with E-state index in [1.54, 1.807) is 25.1 Å². The van der Waals surface area contributed by atoms with Crippen LogP contribution in [0.2, 0.25) is 0 Å². The second-order valence-electron chi connectivity index (χ2n) is 6.81. The highest BCUT2D eigenvalue weighted by Gasteiger charge is 2.46. The molecular weight excluding hydrogens is 357 g/mol. The summed E-state index contributed by atoms with van der Waals surface area (Å²) in [6.07, 6.45) is -2.49. The number of hydrogen-bond donors (Lipinski definition) is 2. The summed E-state index contributed by atoms with van der Waals surface area (Å²) in [5.74, 6) is -0.886. The predicted octanol–water partition coefficient (Wildman–Crippen LogP) is 4.17. The lowest BCUT2D eigenvalue weighted by atomic mass is 9.63. The molecule has 0 radical (unpaired) electrons. The van der Waals surface area contributed by atoms with E-state index in [1.165, 1.54) is 12.1 Å². The third-order valence-corrected chi connectivity index (χ3v) is 5.25. The van der Waals surface area contributed by atoms with Gasteiger partial charge in [-0.05, 0) is 55.2 Å². The summed E-state index contributed by atoms with van der Waals surface area (Å²) in [6.45, 7) is 1.68. The number of nitrogens with two attached hydrogens (primary N) is 1. The number of halogens is 3. The smallest absolute Gasteiger partial charge is 0.366 e. The molecule has 0 heterocycles. The van der Waals surface area contributed by atoms with E-state index in [0.717, 1.165) is 18.6 Å². The van der Waals surface area contributed by atoms with E-state index in [2.05, 4.69) is 5.32 Å². The summed E-state index contributed by atoms with van der Waals surface area (Å²) in [5, 5.41) is 2.82. The lowest BCUT2D eigenvalue weighted by Gasteiger charge is -2.41. The predicted molar refractivity (Wildman–Crippen MR) is 95.3 cm³/mol. The average Bonchev–Trinajstić information content (AvgIpc) is 2.55. The molecule has 3 N–H and O–H groups in total. The quantitative estimate of drug-likeness (QED) is 0.841. The Morgan fingerprint density at radius 3 is 2.19 bits per heavy atom. The van der Waals surface area contributed by atoms with Gasteiger partial charge in [-0.25, -0.2) is 0 Å². The van der Waals surface area contributed by atoms with Crippen molar-refractivity contribution in [2.45, 2.75) is 37.8 Å².